The summed E-state index contributed by atoms with van der Waals surface area (Å²) in [6.45, 7) is 6.70. The van der Waals surface area contributed by atoms with Crippen LogP contribution in [-0.2, 0) is 44.0 Å². The molecule has 0 amide bonds. The van der Waals surface area contributed by atoms with Crippen molar-refractivity contribution in [3.05, 3.63) is 34.9 Å². The van der Waals surface area contributed by atoms with Gasteiger partial charge in [0, 0.05) is 0 Å². The average molecular weight is 310 g/mol. The molecule has 18 heavy (non-hydrogen) atoms. The zero-order chi connectivity index (χ0) is 14.2. The fourth-order valence-electron chi connectivity index (χ4n) is 1.80. The monoisotopic (exact) mass is 310 g/mol. The molecule has 0 saturated heterocycles. The van der Waals surface area contributed by atoms with Crippen LogP contribution in [0.25, 0.3) is 0 Å². The summed E-state index contributed by atoms with van der Waals surface area (Å²) in [5.74, 6) is 0. The maximum absolute atomic E-state index is 9.44. The molecule has 0 spiro atoms. The molecule has 0 aliphatic rings. The molecule has 0 bridgehead atoms. The van der Waals surface area contributed by atoms with E-state index >= 15 is 0 Å². The van der Waals surface area contributed by atoms with Gasteiger partial charge in [-0.15, -0.1) is 0 Å². The summed E-state index contributed by atoms with van der Waals surface area (Å²) in [4.78, 5) is 0. The summed E-state index contributed by atoms with van der Waals surface area (Å²) in [7, 11) is 0.0424. The van der Waals surface area contributed by atoms with E-state index in [9.17, 15) is 7.61 Å². The quantitative estimate of drug-likeness (QED) is 0.852. The second-order valence-corrected chi connectivity index (χ2v) is 6.94. The van der Waals surface area contributed by atoms with E-state index in [1.807, 2.05) is 0 Å². The molecule has 6 heteroatoms. The zero-order valence-corrected chi connectivity index (χ0v) is 14.7. The summed E-state index contributed by atoms with van der Waals surface area (Å²) in [5, 5.41) is 0. The molecule has 1 aromatic rings. The molecular formula is C12H22CrO4Si. The fraction of sp³-hybridized carbons (Fsp3) is 0.500. The van der Waals surface area contributed by atoms with Gasteiger partial charge in [0.2, 0.25) is 0 Å². The van der Waals surface area contributed by atoms with Crippen LogP contribution in [0.3, 0.4) is 0 Å². The Kier molecular flexibility index (Phi) is 8.32. The van der Waals surface area contributed by atoms with Crippen LogP contribution in [0.15, 0.2) is 18.2 Å². The van der Waals surface area contributed by atoms with Crippen molar-refractivity contribution in [1.82, 2.24) is 0 Å². The van der Waals surface area contributed by atoms with Crippen molar-refractivity contribution >= 4 is 10.5 Å². The molecule has 0 fully saturated rings. The van der Waals surface area contributed by atoms with Gasteiger partial charge >= 0.3 is 39.3 Å². The molecule has 0 atom stereocenters. The fourth-order valence-corrected chi connectivity index (χ4v) is 1.80. The SMILES string of the molecule is CCc1cccc(CC)c1CC.[O]=[Cr](=[O])([OH])[O][SiH3]. The van der Waals surface area contributed by atoms with Gasteiger partial charge in [0.15, 0.2) is 0 Å². The summed E-state index contributed by atoms with van der Waals surface area (Å²) in [6, 6.07) is 6.67. The number of benzene rings is 1. The van der Waals surface area contributed by atoms with E-state index in [4.69, 9.17) is 4.16 Å². The molecule has 0 unspecified atom stereocenters. The number of hydrogen-bond acceptors (Lipinski definition) is 3. The van der Waals surface area contributed by atoms with Gasteiger partial charge in [-0.3, -0.25) is 0 Å². The molecule has 1 rings (SSSR count). The standard InChI is InChI=1S/C12H18.Cr.H3OSi.H2O.2O/c1-4-10-8-7-9-11(5-2)12(10)6-3;;1-2;;;/h7-9H,4-6H2,1-3H3;;2H3;1H2;;/q;+2;-1;;;/p-1. The zero-order valence-electron chi connectivity index (χ0n) is 11.4. The third-order valence-electron chi connectivity index (χ3n) is 2.70. The van der Waals surface area contributed by atoms with Crippen LogP contribution in [-0.4, -0.2) is 14.6 Å². The molecule has 4 nitrogen and oxygen atoms in total. The van der Waals surface area contributed by atoms with Crippen molar-refractivity contribution in [3.63, 3.8) is 0 Å². The maximum atomic E-state index is 9.44. The number of aryl methyl sites for hydroxylation is 2. The van der Waals surface area contributed by atoms with Crippen LogP contribution >= 0.6 is 0 Å². The average Bonchev–Trinajstić information content (AvgIpc) is 2.37. The predicted octanol–water partition coefficient (Wildman–Crippen LogP) is 1.32. The molecule has 1 N–H and O–H groups in total. The topological polar surface area (TPSA) is 63.6 Å². The van der Waals surface area contributed by atoms with Crippen LogP contribution in [0, 0.1) is 0 Å². The second-order valence-electron chi connectivity index (χ2n) is 3.71. The first-order valence-electron chi connectivity index (χ1n) is 6.02. The van der Waals surface area contributed by atoms with Crippen molar-refractivity contribution in [2.24, 2.45) is 0 Å². The molecule has 0 heterocycles. The Bertz CT molecular complexity index is 435. The minimum absolute atomic E-state index is 0.0424. The number of rotatable bonds is 4. The van der Waals surface area contributed by atoms with Crippen LogP contribution in [0.5, 0.6) is 0 Å². The van der Waals surface area contributed by atoms with Crippen LogP contribution in [0.4, 0.5) is 0 Å². The van der Waals surface area contributed by atoms with E-state index in [0.717, 1.165) is 12.8 Å². The molecule has 0 aromatic heterocycles. The summed E-state index contributed by atoms with van der Waals surface area (Å²) >= 11 is -4.72. The van der Waals surface area contributed by atoms with Gasteiger partial charge in [-0.05, 0) is 36.0 Å². The van der Waals surface area contributed by atoms with Gasteiger partial charge in [-0.25, -0.2) is 0 Å². The van der Waals surface area contributed by atoms with Crippen molar-refractivity contribution in [3.8, 4) is 0 Å². The van der Waals surface area contributed by atoms with Gasteiger partial charge in [0.05, 0.1) is 0 Å². The van der Waals surface area contributed by atoms with E-state index in [1.54, 1.807) is 5.56 Å². The molecule has 0 aliphatic heterocycles. The molecule has 104 valence electrons. The van der Waals surface area contributed by atoms with E-state index < -0.39 is 13.6 Å². The van der Waals surface area contributed by atoms with E-state index in [0.29, 0.717) is 0 Å². The van der Waals surface area contributed by atoms with Gasteiger partial charge < -0.3 is 0 Å². The second kappa shape index (κ2) is 8.57. The Morgan fingerprint density at radius 3 is 1.72 bits per heavy atom. The molecule has 1 aromatic carbocycles. The first-order chi connectivity index (χ1) is 8.39. The van der Waals surface area contributed by atoms with Gasteiger partial charge in [-0.2, -0.15) is 0 Å². The Labute approximate surface area is 114 Å². The third kappa shape index (κ3) is 6.43. The number of hydrogen-bond donors (Lipinski definition) is 1. The normalized spacial score (nSPS) is 10.9. The molecular weight excluding hydrogens is 288 g/mol. The molecule has 0 radical (unpaired) electrons. The van der Waals surface area contributed by atoms with Crippen molar-refractivity contribution < 1.29 is 28.9 Å². The van der Waals surface area contributed by atoms with Crippen molar-refractivity contribution in [1.29, 1.82) is 0 Å². The van der Waals surface area contributed by atoms with Crippen LogP contribution < -0.4 is 0 Å². The Balaban J connectivity index is 0.000000411. The Morgan fingerprint density at radius 2 is 1.50 bits per heavy atom. The third-order valence-corrected chi connectivity index (χ3v) is 5.09. The minimum atomic E-state index is -4.72. The predicted molar refractivity (Wildman–Crippen MR) is 69.2 cm³/mol. The summed E-state index contributed by atoms with van der Waals surface area (Å²) in [5.41, 5.74) is 4.62. The van der Waals surface area contributed by atoms with Crippen LogP contribution in [0.2, 0.25) is 0 Å². The van der Waals surface area contributed by atoms with Gasteiger partial charge in [0.25, 0.3) is 0 Å². The summed E-state index contributed by atoms with van der Waals surface area (Å²) in [6.07, 6.45) is 3.50. The van der Waals surface area contributed by atoms with Crippen molar-refractivity contribution in [2.75, 3.05) is 0 Å². The van der Waals surface area contributed by atoms with E-state index in [-0.39, 0.29) is 10.5 Å². The van der Waals surface area contributed by atoms with E-state index in [1.165, 1.54) is 17.5 Å². The van der Waals surface area contributed by atoms with Gasteiger partial charge in [0.1, 0.15) is 0 Å². The molecule has 0 aliphatic carbocycles. The van der Waals surface area contributed by atoms with Gasteiger partial charge in [-0.1, -0.05) is 39.0 Å². The first-order valence-corrected chi connectivity index (χ1v) is 8.97. The van der Waals surface area contributed by atoms with Crippen molar-refractivity contribution in [2.45, 2.75) is 40.0 Å². The van der Waals surface area contributed by atoms with E-state index in [2.05, 4.69) is 42.4 Å². The Morgan fingerprint density at radius 1 is 1.11 bits per heavy atom. The summed E-state index contributed by atoms with van der Waals surface area (Å²) < 4.78 is 30.2. The molecule has 0 saturated carbocycles. The first kappa shape index (κ1) is 17.5. The Hall–Kier alpha value is -0.511. The van der Waals surface area contributed by atoms with Crippen LogP contribution in [0.1, 0.15) is 37.5 Å².